The zero-order valence-electron chi connectivity index (χ0n) is 17.1. The Morgan fingerprint density at radius 3 is 2.55 bits per heavy atom. The molecule has 0 bridgehead atoms. The molecule has 1 fully saturated rings. The van der Waals surface area contributed by atoms with Crippen molar-refractivity contribution < 1.29 is 14.2 Å². The van der Waals surface area contributed by atoms with Crippen molar-refractivity contribution in [3.05, 3.63) is 65.9 Å². The molecule has 0 saturated carbocycles. The molecule has 0 amide bonds. The number of fused-ring (bicyclic) bond motifs is 1. The van der Waals surface area contributed by atoms with Crippen LogP contribution >= 0.6 is 0 Å². The molecule has 1 atom stereocenters. The molecular weight excluding hydrogens is 364 g/mol. The van der Waals surface area contributed by atoms with E-state index in [1.54, 1.807) is 14.2 Å². The van der Waals surface area contributed by atoms with Crippen LogP contribution in [-0.2, 0) is 17.8 Å². The number of hydrogen-bond donors (Lipinski definition) is 0. The highest BCUT2D eigenvalue weighted by molar-refractivity contribution is 5.78. The lowest BCUT2D eigenvalue weighted by molar-refractivity contribution is 0.0679. The van der Waals surface area contributed by atoms with E-state index in [1.165, 1.54) is 16.5 Å². The molecule has 0 spiro atoms. The molecule has 1 aromatic heterocycles. The topological polar surface area (TPSA) is 43.8 Å². The van der Waals surface area contributed by atoms with E-state index in [0.717, 1.165) is 56.1 Å². The van der Waals surface area contributed by atoms with Gasteiger partial charge in [0.2, 0.25) is 0 Å². The molecule has 1 aliphatic heterocycles. The van der Waals surface area contributed by atoms with Crippen molar-refractivity contribution in [3.8, 4) is 11.5 Å². The molecule has 2 heterocycles. The summed E-state index contributed by atoms with van der Waals surface area (Å²) in [6, 6.07) is 16.8. The monoisotopic (exact) mass is 392 g/mol. The van der Waals surface area contributed by atoms with Gasteiger partial charge in [-0.2, -0.15) is 0 Å². The Balaban J connectivity index is 1.55. The highest BCUT2D eigenvalue weighted by atomic mass is 16.5. The maximum Gasteiger partial charge on any atom is 0.161 e. The predicted molar refractivity (Wildman–Crippen MR) is 114 cm³/mol. The second-order valence-corrected chi connectivity index (χ2v) is 7.52. The number of rotatable bonds is 8. The Labute approximate surface area is 172 Å². The van der Waals surface area contributed by atoms with Crippen molar-refractivity contribution in [2.24, 2.45) is 0 Å². The van der Waals surface area contributed by atoms with Crippen LogP contribution in [0, 0.1) is 0 Å². The Bertz CT molecular complexity index is 954. The minimum absolute atomic E-state index is 0.303. The van der Waals surface area contributed by atoms with Gasteiger partial charge in [-0.3, -0.25) is 9.88 Å². The fourth-order valence-electron chi connectivity index (χ4n) is 3.98. The lowest BCUT2D eigenvalue weighted by Crippen LogP contribution is -2.31. The van der Waals surface area contributed by atoms with Crippen LogP contribution in [0.25, 0.3) is 10.9 Å². The van der Waals surface area contributed by atoms with Crippen LogP contribution in [0.5, 0.6) is 11.5 Å². The van der Waals surface area contributed by atoms with Gasteiger partial charge in [0.15, 0.2) is 11.5 Å². The maximum atomic E-state index is 5.91. The first-order chi connectivity index (χ1) is 14.2. The third-order valence-corrected chi connectivity index (χ3v) is 5.41. The third-order valence-electron chi connectivity index (χ3n) is 5.41. The molecule has 1 saturated heterocycles. The van der Waals surface area contributed by atoms with Gasteiger partial charge in [-0.05, 0) is 54.3 Å². The summed E-state index contributed by atoms with van der Waals surface area (Å²) in [7, 11) is 3.34. The molecule has 3 aromatic rings. The van der Waals surface area contributed by atoms with Crippen LogP contribution < -0.4 is 9.47 Å². The molecule has 1 unspecified atom stereocenters. The van der Waals surface area contributed by atoms with Crippen molar-refractivity contribution in [1.29, 1.82) is 0 Å². The quantitative estimate of drug-likeness (QED) is 0.567. The molecule has 0 radical (unpaired) electrons. The van der Waals surface area contributed by atoms with Gasteiger partial charge in [0.25, 0.3) is 0 Å². The molecule has 5 heteroatoms. The number of aromatic nitrogens is 1. The van der Waals surface area contributed by atoms with Crippen molar-refractivity contribution in [3.63, 3.8) is 0 Å². The normalized spacial score (nSPS) is 16.4. The summed E-state index contributed by atoms with van der Waals surface area (Å²) in [6.45, 7) is 3.47. The zero-order chi connectivity index (χ0) is 20.1. The van der Waals surface area contributed by atoms with Gasteiger partial charge in [-0.15, -0.1) is 0 Å². The number of hydrogen-bond acceptors (Lipinski definition) is 5. The fraction of sp³-hybridized carbons (Fsp3) is 0.375. The van der Waals surface area contributed by atoms with E-state index in [0.29, 0.717) is 6.10 Å². The molecule has 0 N–H and O–H groups in total. The SMILES string of the molecule is COc1ccc(CN(Cc2ccc3ncccc3c2)CC2CCCO2)cc1OC. The van der Waals surface area contributed by atoms with Gasteiger partial charge in [0, 0.05) is 37.8 Å². The van der Waals surface area contributed by atoms with Gasteiger partial charge in [-0.25, -0.2) is 0 Å². The van der Waals surface area contributed by atoms with Gasteiger partial charge in [-0.1, -0.05) is 18.2 Å². The number of pyridine rings is 1. The van der Waals surface area contributed by atoms with Crippen LogP contribution in [0.3, 0.4) is 0 Å². The van der Waals surface area contributed by atoms with E-state index in [4.69, 9.17) is 14.2 Å². The third kappa shape index (κ3) is 4.86. The highest BCUT2D eigenvalue weighted by Crippen LogP contribution is 2.28. The molecule has 152 valence electrons. The fourth-order valence-corrected chi connectivity index (χ4v) is 3.98. The summed E-state index contributed by atoms with van der Waals surface area (Å²) >= 11 is 0. The highest BCUT2D eigenvalue weighted by Gasteiger charge is 2.20. The molecule has 5 nitrogen and oxygen atoms in total. The molecule has 29 heavy (non-hydrogen) atoms. The summed E-state index contributed by atoms with van der Waals surface area (Å²) in [5, 5.41) is 1.17. The summed E-state index contributed by atoms with van der Waals surface area (Å²) in [5.74, 6) is 1.52. The van der Waals surface area contributed by atoms with E-state index in [-0.39, 0.29) is 0 Å². The van der Waals surface area contributed by atoms with Crippen LogP contribution in [0.1, 0.15) is 24.0 Å². The minimum Gasteiger partial charge on any atom is -0.493 e. The van der Waals surface area contributed by atoms with E-state index in [1.807, 2.05) is 18.3 Å². The molecule has 1 aliphatic rings. The van der Waals surface area contributed by atoms with E-state index in [2.05, 4.69) is 46.3 Å². The first-order valence-electron chi connectivity index (χ1n) is 10.1. The number of methoxy groups -OCH3 is 2. The van der Waals surface area contributed by atoms with Crippen molar-refractivity contribution in [2.45, 2.75) is 32.0 Å². The first kappa shape index (κ1) is 19.7. The molecular formula is C24H28N2O3. The van der Waals surface area contributed by atoms with Gasteiger partial charge < -0.3 is 14.2 Å². The summed E-state index contributed by atoms with van der Waals surface area (Å²) in [5.41, 5.74) is 3.51. The number of ether oxygens (including phenoxy) is 3. The number of nitrogens with zero attached hydrogens (tertiary/aromatic N) is 2. The van der Waals surface area contributed by atoms with Crippen molar-refractivity contribution >= 4 is 10.9 Å². The second kappa shape index (κ2) is 9.25. The molecule has 0 aliphatic carbocycles. The van der Waals surface area contributed by atoms with Crippen LogP contribution in [0.2, 0.25) is 0 Å². The summed E-state index contributed by atoms with van der Waals surface area (Å²) in [4.78, 5) is 6.88. The lowest BCUT2D eigenvalue weighted by Gasteiger charge is -2.26. The lowest BCUT2D eigenvalue weighted by atomic mass is 10.1. The van der Waals surface area contributed by atoms with Crippen LogP contribution in [0.4, 0.5) is 0 Å². The first-order valence-corrected chi connectivity index (χ1v) is 10.1. The molecule has 2 aromatic carbocycles. The van der Waals surface area contributed by atoms with E-state index in [9.17, 15) is 0 Å². The second-order valence-electron chi connectivity index (χ2n) is 7.52. The van der Waals surface area contributed by atoms with Gasteiger partial charge >= 0.3 is 0 Å². The smallest absolute Gasteiger partial charge is 0.161 e. The Kier molecular flexibility index (Phi) is 6.27. The van der Waals surface area contributed by atoms with E-state index < -0.39 is 0 Å². The average Bonchev–Trinajstić information content (AvgIpc) is 3.26. The van der Waals surface area contributed by atoms with Gasteiger partial charge in [0.05, 0.1) is 25.8 Å². The zero-order valence-corrected chi connectivity index (χ0v) is 17.1. The average molecular weight is 392 g/mol. The van der Waals surface area contributed by atoms with E-state index >= 15 is 0 Å². The largest absolute Gasteiger partial charge is 0.493 e. The standard InChI is InChI=1S/C24H28N2O3/c1-27-23-10-8-19(14-24(23)28-2)16-26(17-21-6-4-12-29-21)15-18-7-9-22-20(13-18)5-3-11-25-22/h3,5,7-11,13-14,21H,4,6,12,15-17H2,1-2H3. The van der Waals surface area contributed by atoms with Crippen molar-refractivity contribution in [1.82, 2.24) is 9.88 Å². The van der Waals surface area contributed by atoms with Crippen LogP contribution in [0.15, 0.2) is 54.7 Å². The number of benzene rings is 2. The Morgan fingerprint density at radius 1 is 1.00 bits per heavy atom. The Hall–Kier alpha value is -2.63. The minimum atomic E-state index is 0.303. The Morgan fingerprint density at radius 2 is 1.79 bits per heavy atom. The summed E-state index contributed by atoms with van der Waals surface area (Å²) in [6.07, 6.45) is 4.42. The summed E-state index contributed by atoms with van der Waals surface area (Å²) < 4.78 is 16.8. The predicted octanol–water partition coefficient (Wildman–Crippen LogP) is 4.43. The molecule has 4 rings (SSSR count). The van der Waals surface area contributed by atoms with Crippen LogP contribution in [-0.4, -0.2) is 43.4 Å². The maximum absolute atomic E-state index is 5.91. The van der Waals surface area contributed by atoms with Crippen molar-refractivity contribution in [2.75, 3.05) is 27.4 Å². The van der Waals surface area contributed by atoms with Gasteiger partial charge in [0.1, 0.15) is 0 Å².